The van der Waals surface area contributed by atoms with Crippen LogP contribution in [0.3, 0.4) is 0 Å². The predicted molar refractivity (Wildman–Crippen MR) is 115 cm³/mol. The molecule has 0 spiro atoms. The Morgan fingerprint density at radius 1 is 1.10 bits per heavy atom. The van der Waals surface area contributed by atoms with Gasteiger partial charge < -0.3 is 14.8 Å². The third-order valence-electron chi connectivity index (χ3n) is 5.34. The summed E-state index contributed by atoms with van der Waals surface area (Å²) < 4.78 is 12.0. The van der Waals surface area contributed by atoms with E-state index in [0.717, 1.165) is 27.6 Å². The lowest BCUT2D eigenvalue weighted by molar-refractivity contribution is -0.128. The third-order valence-corrected chi connectivity index (χ3v) is 5.34. The van der Waals surface area contributed by atoms with Crippen LogP contribution in [0.2, 0.25) is 0 Å². The van der Waals surface area contributed by atoms with E-state index in [4.69, 9.17) is 9.47 Å². The van der Waals surface area contributed by atoms with Gasteiger partial charge >= 0.3 is 0 Å². The summed E-state index contributed by atoms with van der Waals surface area (Å²) in [6.45, 7) is 7.92. The molecule has 0 unspecified atom stereocenters. The van der Waals surface area contributed by atoms with E-state index < -0.39 is 6.10 Å². The summed E-state index contributed by atoms with van der Waals surface area (Å²) in [5, 5.41) is 5.41. The Hall–Kier alpha value is -3.01. The van der Waals surface area contributed by atoms with E-state index in [-0.39, 0.29) is 17.6 Å². The summed E-state index contributed by atoms with van der Waals surface area (Å²) in [4.78, 5) is 12.9. The van der Waals surface area contributed by atoms with Gasteiger partial charge in [-0.1, -0.05) is 48.0 Å². The molecule has 4 heteroatoms. The second-order valence-corrected chi connectivity index (χ2v) is 8.44. The predicted octanol–water partition coefficient (Wildman–Crippen LogP) is 5.33. The van der Waals surface area contributed by atoms with Crippen molar-refractivity contribution in [3.63, 3.8) is 0 Å². The standard InChI is InChI=1S/C25H27NO3/c1-16-9-12-23-21(13-16)22(15-25(3,4)29-23)26-24(27)17(2)28-20-11-10-18-7-5-6-8-19(18)14-20/h5-14,17,22H,15H2,1-4H3,(H,26,27)/t17-,22-/m0/s1. The zero-order valence-electron chi connectivity index (χ0n) is 17.4. The van der Waals surface area contributed by atoms with Gasteiger partial charge in [0.15, 0.2) is 6.10 Å². The Balaban J connectivity index is 1.50. The van der Waals surface area contributed by atoms with Crippen molar-refractivity contribution >= 4 is 16.7 Å². The van der Waals surface area contributed by atoms with Crippen molar-refractivity contribution in [1.82, 2.24) is 5.32 Å². The van der Waals surface area contributed by atoms with Crippen molar-refractivity contribution in [2.45, 2.75) is 51.9 Å². The van der Waals surface area contributed by atoms with Gasteiger partial charge in [0.2, 0.25) is 0 Å². The molecule has 3 aromatic rings. The fourth-order valence-electron chi connectivity index (χ4n) is 3.89. The Labute approximate surface area is 171 Å². The van der Waals surface area contributed by atoms with Crippen LogP contribution in [-0.2, 0) is 4.79 Å². The largest absolute Gasteiger partial charge is 0.487 e. The third kappa shape index (κ3) is 4.21. The Morgan fingerprint density at radius 2 is 1.86 bits per heavy atom. The topological polar surface area (TPSA) is 47.6 Å². The monoisotopic (exact) mass is 389 g/mol. The Morgan fingerprint density at radius 3 is 2.66 bits per heavy atom. The van der Waals surface area contributed by atoms with Gasteiger partial charge in [-0.25, -0.2) is 0 Å². The summed E-state index contributed by atoms with van der Waals surface area (Å²) in [6.07, 6.45) is 0.105. The molecule has 2 atom stereocenters. The molecule has 1 N–H and O–H groups in total. The van der Waals surface area contributed by atoms with E-state index in [2.05, 4.69) is 17.4 Å². The van der Waals surface area contributed by atoms with Crippen molar-refractivity contribution in [2.75, 3.05) is 0 Å². The van der Waals surface area contributed by atoms with Gasteiger partial charge in [0.25, 0.3) is 5.91 Å². The molecule has 4 rings (SSSR count). The lowest BCUT2D eigenvalue weighted by atomic mass is 9.89. The molecule has 0 saturated heterocycles. The highest BCUT2D eigenvalue weighted by Gasteiger charge is 2.35. The minimum absolute atomic E-state index is 0.108. The second kappa shape index (κ2) is 7.43. The first-order valence-corrected chi connectivity index (χ1v) is 10.1. The summed E-state index contributed by atoms with van der Waals surface area (Å²) >= 11 is 0. The highest BCUT2D eigenvalue weighted by Crippen LogP contribution is 2.40. The van der Waals surface area contributed by atoms with Gasteiger partial charge in [-0.2, -0.15) is 0 Å². The van der Waals surface area contributed by atoms with Crippen molar-refractivity contribution in [1.29, 1.82) is 0 Å². The number of carbonyl (C=O) groups is 1. The fourth-order valence-corrected chi connectivity index (χ4v) is 3.89. The number of hydrogen-bond acceptors (Lipinski definition) is 3. The van der Waals surface area contributed by atoms with Crippen LogP contribution in [0.25, 0.3) is 10.8 Å². The summed E-state index contributed by atoms with van der Waals surface area (Å²) in [5.74, 6) is 1.39. The number of amides is 1. The molecule has 29 heavy (non-hydrogen) atoms. The number of benzene rings is 3. The minimum Gasteiger partial charge on any atom is -0.487 e. The van der Waals surface area contributed by atoms with Gasteiger partial charge in [0, 0.05) is 12.0 Å². The number of nitrogens with one attached hydrogen (secondary N) is 1. The highest BCUT2D eigenvalue weighted by molar-refractivity contribution is 5.84. The number of ether oxygens (including phenoxy) is 2. The molecule has 1 aliphatic rings. The molecule has 0 bridgehead atoms. The van der Waals surface area contributed by atoms with Gasteiger partial charge in [-0.05, 0) is 56.7 Å². The van der Waals surface area contributed by atoms with Crippen molar-refractivity contribution in [3.05, 3.63) is 71.8 Å². The zero-order chi connectivity index (χ0) is 20.6. The number of rotatable bonds is 4. The lowest BCUT2D eigenvalue weighted by Gasteiger charge is -2.38. The van der Waals surface area contributed by atoms with Crippen molar-refractivity contribution < 1.29 is 14.3 Å². The van der Waals surface area contributed by atoms with Gasteiger partial charge in [0.05, 0.1) is 6.04 Å². The second-order valence-electron chi connectivity index (χ2n) is 8.44. The maximum atomic E-state index is 12.9. The molecular weight excluding hydrogens is 362 g/mol. The van der Waals surface area contributed by atoms with Crippen LogP contribution in [0.5, 0.6) is 11.5 Å². The molecule has 150 valence electrons. The molecule has 0 radical (unpaired) electrons. The molecule has 4 nitrogen and oxygen atoms in total. The normalized spacial score (nSPS) is 18.4. The van der Waals surface area contributed by atoms with E-state index in [9.17, 15) is 4.79 Å². The molecule has 3 aromatic carbocycles. The van der Waals surface area contributed by atoms with Crippen LogP contribution < -0.4 is 14.8 Å². The molecule has 1 heterocycles. The summed E-state index contributed by atoms with van der Waals surface area (Å²) in [7, 11) is 0. The molecule has 0 saturated carbocycles. The molecule has 1 amide bonds. The van der Waals surface area contributed by atoms with Crippen LogP contribution in [0.4, 0.5) is 0 Å². The SMILES string of the molecule is Cc1ccc2c(c1)[C@@H](NC(=O)[C@H](C)Oc1ccc3ccccc3c1)CC(C)(C)O2. The zero-order valence-corrected chi connectivity index (χ0v) is 17.4. The number of carbonyl (C=O) groups excluding carboxylic acids is 1. The van der Waals surface area contributed by atoms with Crippen LogP contribution in [0.15, 0.2) is 60.7 Å². The van der Waals surface area contributed by atoms with Gasteiger partial charge in [0.1, 0.15) is 17.1 Å². The van der Waals surface area contributed by atoms with Crippen LogP contribution >= 0.6 is 0 Å². The van der Waals surface area contributed by atoms with Gasteiger partial charge in [-0.15, -0.1) is 0 Å². The van der Waals surface area contributed by atoms with E-state index in [1.807, 2.05) is 69.3 Å². The summed E-state index contributed by atoms with van der Waals surface area (Å²) in [6, 6.07) is 20.0. The maximum Gasteiger partial charge on any atom is 0.261 e. The lowest BCUT2D eigenvalue weighted by Crippen LogP contribution is -2.44. The minimum atomic E-state index is -0.602. The Kier molecular flexibility index (Phi) is 4.95. The van der Waals surface area contributed by atoms with E-state index in [0.29, 0.717) is 12.2 Å². The first-order chi connectivity index (χ1) is 13.8. The van der Waals surface area contributed by atoms with E-state index in [1.54, 1.807) is 6.92 Å². The molecule has 0 aromatic heterocycles. The Bertz CT molecular complexity index is 1060. The first-order valence-electron chi connectivity index (χ1n) is 10.1. The average molecular weight is 389 g/mol. The highest BCUT2D eigenvalue weighted by atomic mass is 16.5. The summed E-state index contributed by atoms with van der Waals surface area (Å²) in [5.41, 5.74) is 1.82. The van der Waals surface area contributed by atoms with E-state index in [1.165, 1.54) is 0 Å². The van der Waals surface area contributed by atoms with Crippen LogP contribution in [-0.4, -0.2) is 17.6 Å². The number of aryl methyl sites for hydroxylation is 1. The quantitative estimate of drug-likeness (QED) is 0.656. The molecular formula is C25H27NO3. The van der Waals surface area contributed by atoms with E-state index >= 15 is 0 Å². The van der Waals surface area contributed by atoms with Crippen molar-refractivity contribution in [3.8, 4) is 11.5 Å². The van der Waals surface area contributed by atoms with Crippen LogP contribution in [0.1, 0.15) is 44.4 Å². The molecule has 1 aliphatic heterocycles. The number of hydrogen-bond donors (Lipinski definition) is 1. The van der Waals surface area contributed by atoms with Crippen molar-refractivity contribution in [2.24, 2.45) is 0 Å². The maximum absolute atomic E-state index is 12.9. The average Bonchev–Trinajstić information content (AvgIpc) is 2.68. The molecule has 0 fully saturated rings. The first kappa shape index (κ1) is 19.3. The molecule has 0 aliphatic carbocycles. The smallest absolute Gasteiger partial charge is 0.261 e. The number of fused-ring (bicyclic) bond motifs is 2. The van der Waals surface area contributed by atoms with Gasteiger partial charge in [-0.3, -0.25) is 4.79 Å². The fraction of sp³-hybridized carbons (Fsp3) is 0.320. The van der Waals surface area contributed by atoms with Crippen LogP contribution in [0, 0.1) is 6.92 Å².